The highest BCUT2D eigenvalue weighted by molar-refractivity contribution is 5.74. The lowest BCUT2D eigenvalue weighted by Gasteiger charge is -2.20. The Morgan fingerprint density at radius 2 is 1.38 bits per heavy atom. The van der Waals surface area contributed by atoms with Crippen molar-refractivity contribution in [2.45, 2.75) is 13.0 Å². The van der Waals surface area contributed by atoms with Gasteiger partial charge in [-0.3, -0.25) is 0 Å². The minimum atomic E-state index is -0.283. The Morgan fingerprint density at radius 1 is 0.846 bits per heavy atom. The van der Waals surface area contributed by atoms with Crippen LogP contribution in [-0.4, -0.2) is 12.8 Å². The molecule has 0 aliphatic carbocycles. The van der Waals surface area contributed by atoms with Crippen molar-refractivity contribution in [3.63, 3.8) is 0 Å². The third-order valence-corrected chi connectivity index (χ3v) is 4.03. The predicted octanol–water partition coefficient (Wildman–Crippen LogP) is 4.42. The lowest BCUT2D eigenvalue weighted by atomic mass is 9.99. The summed E-state index contributed by atoms with van der Waals surface area (Å²) in [7, 11) is 0. The molecular formula is C22H22N2O2. The second-order valence-corrected chi connectivity index (χ2v) is 6.01. The number of hydrogen-bond donors (Lipinski definition) is 2. The Bertz CT molecular complexity index is 778. The van der Waals surface area contributed by atoms with Crippen LogP contribution in [-0.2, 0) is 0 Å². The first kappa shape index (κ1) is 17.5. The van der Waals surface area contributed by atoms with E-state index < -0.39 is 0 Å². The maximum atomic E-state index is 12.3. The van der Waals surface area contributed by atoms with Crippen molar-refractivity contribution in [1.29, 1.82) is 0 Å². The smallest absolute Gasteiger partial charge is 0.318 e. The second-order valence-electron chi connectivity index (χ2n) is 6.01. The van der Waals surface area contributed by atoms with E-state index in [2.05, 4.69) is 10.6 Å². The molecule has 132 valence electrons. The van der Waals surface area contributed by atoms with E-state index in [0.717, 1.165) is 22.4 Å². The molecule has 0 saturated carbocycles. The molecule has 2 N–H and O–H groups in total. The van der Waals surface area contributed by atoms with Gasteiger partial charge in [-0.15, -0.1) is 0 Å². The zero-order valence-corrected chi connectivity index (χ0v) is 14.7. The van der Waals surface area contributed by atoms with Gasteiger partial charge >= 0.3 is 6.03 Å². The molecule has 0 radical (unpaired) electrons. The van der Waals surface area contributed by atoms with E-state index in [1.165, 1.54) is 0 Å². The minimum absolute atomic E-state index is 0.102. The van der Waals surface area contributed by atoms with Gasteiger partial charge in [0.1, 0.15) is 5.75 Å². The van der Waals surface area contributed by atoms with Gasteiger partial charge in [0.05, 0.1) is 6.04 Å². The molecule has 0 spiro atoms. The summed E-state index contributed by atoms with van der Waals surface area (Å²) in [5.41, 5.74) is 3.21. The van der Waals surface area contributed by atoms with Gasteiger partial charge in [-0.2, -0.15) is 0 Å². The van der Waals surface area contributed by atoms with Crippen LogP contribution in [0, 0.1) is 6.92 Å². The largest absolute Gasteiger partial charge is 0.473 e. The summed E-state index contributed by atoms with van der Waals surface area (Å²) in [4.78, 5) is 12.3. The van der Waals surface area contributed by atoms with E-state index in [4.69, 9.17) is 4.74 Å². The highest BCUT2D eigenvalue weighted by atomic mass is 16.5. The molecule has 26 heavy (non-hydrogen) atoms. The molecule has 0 aliphatic heterocycles. The molecule has 3 rings (SSSR count). The van der Waals surface area contributed by atoms with Gasteiger partial charge in [0.2, 0.25) is 0 Å². The van der Waals surface area contributed by atoms with Gasteiger partial charge in [-0.05, 0) is 30.2 Å². The third kappa shape index (κ3) is 4.86. The number of benzene rings is 3. The fourth-order valence-corrected chi connectivity index (χ4v) is 2.65. The Balaban J connectivity index is 1.61. The number of amides is 2. The fraction of sp³-hybridized carbons (Fsp3) is 0.136. The normalized spacial score (nSPS) is 10.4. The van der Waals surface area contributed by atoms with Crippen molar-refractivity contribution >= 4 is 6.03 Å². The highest BCUT2D eigenvalue weighted by Crippen LogP contribution is 2.21. The number of carbonyl (C=O) groups is 1. The molecule has 2 amide bonds. The van der Waals surface area contributed by atoms with Crippen LogP contribution in [0.3, 0.4) is 0 Å². The summed E-state index contributed by atoms with van der Waals surface area (Å²) in [5, 5.41) is 5.76. The molecule has 3 aromatic rings. The molecule has 3 aromatic carbocycles. The molecule has 0 aromatic heterocycles. The Kier molecular flexibility index (Phi) is 5.88. The predicted molar refractivity (Wildman–Crippen MR) is 103 cm³/mol. The zero-order valence-electron chi connectivity index (χ0n) is 14.7. The van der Waals surface area contributed by atoms with Crippen LogP contribution < -0.4 is 15.4 Å². The van der Waals surface area contributed by atoms with Crippen LogP contribution in [0.4, 0.5) is 4.79 Å². The minimum Gasteiger partial charge on any atom is -0.473 e. The maximum absolute atomic E-state index is 12.3. The number of aryl methyl sites for hydroxylation is 1. The molecule has 0 heterocycles. The van der Waals surface area contributed by atoms with Crippen LogP contribution in [0.1, 0.15) is 22.7 Å². The fourth-order valence-electron chi connectivity index (χ4n) is 2.65. The Labute approximate surface area is 153 Å². The first-order valence-corrected chi connectivity index (χ1v) is 8.56. The number of nitrogens with one attached hydrogen (secondary N) is 2. The van der Waals surface area contributed by atoms with E-state index in [0.29, 0.717) is 0 Å². The molecule has 0 bridgehead atoms. The quantitative estimate of drug-likeness (QED) is 0.649. The van der Waals surface area contributed by atoms with Gasteiger partial charge in [0.25, 0.3) is 0 Å². The average molecular weight is 346 g/mol. The molecule has 4 nitrogen and oxygen atoms in total. The van der Waals surface area contributed by atoms with E-state index in [1.54, 1.807) is 0 Å². The van der Waals surface area contributed by atoms with Crippen molar-refractivity contribution in [3.8, 4) is 5.75 Å². The molecule has 0 unspecified atom stereocenters. The van der Waals surface area contributed by atoms with Gasteiger partial charge in [0.15, 0.2) is 6.73 Å². The maximum Gasteiger partial charge on any atom is 0.318 e. The molecule has 0 aliphatic rings. The Hall–Kier alpha value is -3.27. The SMILES string of the molecule is Cc1ccc(OCNC(=O)NC(c2ccccc2)c2ccccc2)cc1. The van der Waals surface area contributed by atoms with Crippen molar-refractivity contribution < 1.29 is 9.53 Å². The van der Waals surface area contributed by atoms with Crippen LogP contribution in [0.25, 0.3) is 0 Å². The van der Waals surface area contributed by atoms with Crippen molar-refractivity contribution in [2.75, 3.05) is 6.73 Å². The first-order chi connectivity index (χ1) is 12.7. The highest BCUT2D eigenvalue weighted by Gasteiger charge is 2.16. The second kappa shape index (κ2) is 8.72. The Morgan fingerprint density at radius 3 is 1.92 bits per heavy atom. The van der Waals surface area contributed by atoms with Crippen molar-refractivity contribution in [3.05, 3.63) is 102 Å². The lowest BCUT2D eigenvalue weighted by molar-refractivity contribution is 0.222. The van der Waals surface area contributed by atoms with Crippen LogP contribution in [0.2, 0.25) is 0 Å². The van der Waals surface area contributed by atoms with Crippen molar-refractivity contribution in [1.82, 2.24) is 10.6 Å². The molecule has 0 saturated heterocycles. The summed E-state index contributed by atoms with van der Waals surface area (Å²) in [6.07, 6.45) is 0. The average Bonchev–Trinajstić information content (AvgIpc) is 2.69. The lowest BCUT2D eigenvalue weighted by Crippen LogP contribution is -2.40. The van der Waals surface area contributed by atoms with Gasteiger partial charge < -0.3 is 15.4 Å². The molecule has 4 heteroatoms. The van der Waals surface area contributed by atoms with E-state index in [1.807, 2.05) is 91.9 Å². The number of hydrogen-bond acceptors (Lipinski definition) is 2. The van der Waals surface area contributed by atoms with Gasteiger partial charge in [-0.25, -0.2) is 4.79 Å². The molecule has 0 atom stereocenters. The van der Waals surface area contributed by atoms with Crippen LogP contribution >= 0.6 is 0 Å². The van der Waals surface area contributed by atoms with Crippen LogP contribution in [0.15, 0.2) is 84.9 Å². The number of carbonyl (C=O) groups excluding carboxylic acids is 1. The molecular weight excluding hydrogens is 324 g/mol. The van der Waals surface area contributed by atoms with Gasteiger partial charge in [0, 0.05) is 0 Å². The van der Waals surface area contributed by atoms with E-state index in [-0.39, 0.29) is 18.8 Å². The zero-order chi connectivity index (χ0) is 18.2. The summed E-state index contributed by atoms with van der Waals surface area (Å²) in [6, 6.07) is 27.0. The van der Waals surface area contributed by atoms with Gasteiger partial charge in [-0.1, -0.05) is 78.4 Å². The van der Waals surface area contributed by atoms with Crippen LogP contribution in [0.5, 0.6) is 5.75 Å². The summed E-state index contributed by atoms with van der Waals surface area (Å²) in [5.74, 6) is 0.721. The number of urea groups is 1. The summed E-state index contributed by atoms with van der Waals surface area (Å²) < 4.78 is 5.55. The standard InChI is InChI=1S/C22H22N2O2/c1-17-12-14-20(15-13-17)26-16-23-22(25)24-21(18-8-4-2-5-9-18)19-10-6-3-7-11-19/h2-15,21H,16H2,1H3,(H2,23,24,25). The number of ether oxygens (including phenoxy) is 1. The monoisotopic (exact) mass is 346 g/mol. The molecule has 0 fully saturated rings. The topological polar surface area (TPSA) is 50.4 Å². The summed E-state index contributed by atoms with van der Waals surface area (Å²) in [6.45, 7) is 2.12. The van der Waals surface area contributed by atoms with E-state index >= 15 is 0 Å². The van der Waals surface area contributed by atoms with Crippen molar-refractivity contribution in [2.24, 2.45) is 0 Å². The number of rotatable bonds is 6. The van der Waals surface area contributed by atoms with E-state index in [9.17, 15) is 4.79 Å². The third-order valence-electron chi connectivity index (χ3n) is 4.03. The summed E-state index contributed by atoms with van der Waals surface area (Å²) >= 11 is 0. The first-order valence-electron chi connectivity index (χ1n) is 8.56.